The van der Waals surface area contributed by atoms with E-state index in [1.54, 1.807) is 24.5 Å². The molecule has 0 unspecified atom stereocenters. The van der Waals surface area contributed by atoms with E-state index < -0.39 is 6.10 Å². The molecule has 0 saturated carbocycles. The molecule has 0 fully saturated rings. The summed E-state index contributed by atoms with van der Waals surface area (Å²) in [7, 11) is 0. The van der Waals surface area contributed by atoms with Gasteiger partial charge in [-0.2, -0.15) is 0 Å². The van der Waals surface area contributed by atoms with Crippen molar-refractivity contribution in [1.82, 2.24) is 4.98 Å². The quantitative estimate of drug-likeness (QED) is 0.852. The van der Waals surface area contributed by atoms with Gasteiger partial charge < -0.3 is 5.11 Å². The van der Waals surface area contributed by atoms with Crippen LogP contribution in [0.5, 0.6) is 0 Å². The number of carbonyl (C=O) groups excluding carboxylic acids is 1. The van der Waals surface area contributed by atoms with Gasteiger partial charge in [-0.1, -0.05) is 36.9 Å². The van der Waals surface area contributed by atoms with Crippen molar-refractivity contribution in [3.8, 4) is 11.1 Å². The van der Waals surface area contributed by atoms with Crippen molar-refractivity contribution in [3.05, 3.63) is 66.5 Å². The number of hydrogen-bond acceptors (Lipinski definition) is 3. The van der Waals surface area contributed by atoms with Gasteiger partial charge in [0.2, 0.25) is 0 Å². The summed E-state index contributed by atoms with van der Waals surface area (Å²) < 4.78 is 0. The fourth-order valence-corrected chi connectivity index (χ4v) is 1.79. The Labute approximate surface area is 112 Å². The van der Waals surface area contributed by atoms with Crippen molar-refractivity contribution in [2.24, 2.45) is 0 Å². The van der Waals surface area contributed by atoms with Gasteiger partial charge in [0.25, 0.3) is 0 Å². The van der Waals surface area contributed by atoms with Crippen LogP contribution in [0.3, 0.4) is 0 Å². The topological polar surface area (TPSA) is 50.2 Å². The lowest BCUT2D eigenvalue weighted by molar-refractivity contribution is -0.114. The van der Waals surface area contributed by atoms with Gasteiger partial charge in [0, 0.05) is 18.0 Å². The van der Waals surface area contributed by atoms with E-state index in [-0.39, 0.29) is 11.4 Å². The minimum absolute atomic E-state index is 0.203. The van der Waals surface area contributed by atoms with E-state index in [1.165, 1.54) is 6.92 Å². The third kappa shape index (κ3) is 2.95. The number of benzene rings is 1. The predicted octanol–water partition coefficient (Wildman–Crippen LogP) is 2.93. The van der Waals surface area contributed by atoms with Crippen LogP contribution in [0, 0.1) is 0 Å². The highest BCUT2D eigenvalue weighted by Crippen LogP contribution is 2.24. The molecule has 1 atom stereocenters. The second kappa shape index (κ2) is 5.59. The molecule has 0 aliphatic carbocycles. The van der Waals surface area contributed by atoms with Crippen LogP contribution in [0.4, 0.5) is 0 Å². The molecule has 0 spiro atoms. The zero-order chi connectivity index (χ0) is 13.8. The Morgan fingerprint density at radius 2 is 1.89 bits per heavy atom. The molecule has 96 valence electrons. The van der Waals surface area contributed by atoms with Crippen LogP contribution >= 0.6 is 0 Å². The Morgan fingerprint density at radius 3 is 2.42 bits per heavy atom. The first-order valence-corrected chi connectivity index (χ1v) is 5.98. The number of aliphatic hydroxyl groups is 1. The van der Waals surface area contributed by atoms with Gasteiger partial charge in [-0.15, -0.1) is 0 Å². The highest BCUT2D eigenvalue weighted by molar-refractivity contribution is 5.93. The van der Waals surface area contributed by atoms with Gasteiger partial charge in [-0.3, -0.25) is 9.78 Å². The van der Waals surface area contributed by atoms with Gasteiger partial charge in [0.05, 0.1) is 0 Å². The molecular weight excluding hydrogens is 238 g/mol. The van der Waals surface area contributed by atoms with E-state index in [4.69, 9.17) is 0 Å². The van der Waals surface area contributed by atoms with Crippen LogP contribution in [-0.4, -0.2) is 15.9 Å². The molecule has 0 aliphatic heterocycles. The minimum atomic E-state index is -0.944. The van der Waals surface area contributed by atoms with Crippen LogP contribution in [0.25, 0.3) is 11.1 Å². The Morgan fingerprint density at radius 1 is 1.21 bits per heavy atom. The Kier molecular flexibility index (Phi) is 3.88. The van der Waals surface area contributed by atoms with Crippen molar-refractivity contribution in [3.63, 3.8) is 0 Å². The summed E-state index contributed by atoms with van der Waals surface area (Å²) >= 11 is 0. The number of carbonyl (C=O) groups is 1. The number of Topliss-reactive ketones (excluding diaryl/α,β-unsaturated/α-hetero) is 1. The molecule has 0 saturated heterocycles. The van der Waals surface area contributed by atoms with Crippen molar-refractivity contribution >= 4 is 5.78 Å². The minimum Gasteiger partial charge on any atom is -0.384 e. The largest absolute Gasteiger partial charge is 0.384 e. The Bertz CT molecular complexity index is 588. The van der Waals surface area contributed by atoms with E-state index in [0.29, 0.717) is 5.56 Å². The average Bonchev–Trinajstić information content (AvgIpc) is 2.46. The van der Waals surface area contributed by atoms with Crippen molar-refractivity contribution in [1.29, 1.82) is 0 Å². The molecule has 0 bridgehead atoms. The number of nitrogens with zero attached hydrogens (tertiary/aromatic N) is 1. The third-order valence-corrected chi connectivity index (χ3v) is 3.00. The maximum atomic E-state index is 11.2. The summed E-state index contributed by atoms with van der Waals surface area (Å²) in [5.74, 6) is -0.205. The van der Waals surface area contributed by atoms with Gasteiger partial charge >= 0.3 is 0 Å². The lowest BCUT2D eigenvalue weighted by Crippen LogP contribution is -2.07. The molecule has 3 nitrogen and oxygen atoms in total. The molecule has 0 aliphatic rings. The van der Waals surface area contributed by atoms with E-state index in [1.807, 2.05) is 24.3 Å². The summed E-state index contributed by atoms with van der Waals surface area (Å²) in [5.41, 5.74) is 2.88. The van der Waals surface area contributed by atoms with Crippen LogP contribution < -0.4 is 0 Å². The standard InChI is InChI=1S/C16H15NO2/c1-11(12(2)18)16(19)14-7-5-13(6-8-14)15-4-3-9-17-10-15/h3-10,16,19H,1H2,2H3/t16-/m1/s1. The lowest BCUT2D eigenvalue weighted by Gasteiger charge is -2.12. The van der Waals surface area contributed by atoms with E-state index in [2.05, 4.69) is 11.6 Å². The molecular formula is C16H15NO2. The summed E-state index contributed by atoms with van der Waals surface area (Å²) in [6.45, 7) is 5.00. The van der Waals surface area contributed by atoms with Crippen molar-refractivity contribution in [2.45, 2.75) is 13.0 Å². The molecule has 2 rings (SSSR count). The van der Waals surface area contributed by atoms with E-state index in [9.17, 15) is 9.90 Å². The van der Waals surface area contributed by atoms with Gasteiger partial charge in [-0.05, 0) is 29.7 Å². The zero-order valence-corrected chi connectivity index (χ0v) is 10.7. The SMILES string of the molecule is C=C(C(C)=O)[C@@H](O)c1ccc(-c2cccnc2)cc1. The number of aliphatic hydroxyl groups excluding tert-OH is 1. The number of aromatic nitrogens is 1. The molecule has 1 aromatic carbocycles. The first kappa shape index (κ1) is 13.2. The molecule has 1 aromatic heterocycles. The lowest BCUT2D eigenvalue weighted by atomic mass is 9.98. The van der Waals surface area contributed by atoms with Crippen LogP contribution in [0.1, 0.15) is 18.6 Å². The first-order chi connectivity index (χ1) is 9.09. The van der Waals surface area contributed by atoms with Crippen LogP contribution in [-0.2, 0) is 4.79 Å². The molecule has 2 aromatic rings. The van der Waals surface area contributed by atoms with Gasteiger partial charge in [0.1, 0.15) is 6.10 Å². The fraction of sp³-hybridized carbons (Fsp3) is 0.125. The second-order valence-corrected chi connectivity index (χ2v) is 4.35. The molecule has 3 heteroatoms. The molecule has 19 heavy (non-hydrogen) atoms. The monoisotopic (exact) mass is 253 g/mol. The zero-order valence-electron chi connectivity index (χ0n) is 10.7. The number of rotatable bonds is 4. The number of hydrogen-bond donors (Lipinski definition) is 1. The van der Waals surface area contributed by atoms with Crippen molar-refractivity contribution < 1.29 is 9.90 Å². The highest BCUT2D eigenvalue weighted by atomic mass is 16.3. The van der Waals surface area contributed by atoms with E-state index in [0.717, 1.165) is 11.1 Å². The summed E-state index contributed by atoms with van der Waals surface area (Å²) in [6, 6.07) is 11.2. The average molecular weight is 253 g/mol. The van der Waals surface area contributed by atoms with Crippen LogP contribution in [0.2, 0.25) is 0 Å². The maximum absolute atomic E-state index is 11.2. The van der Waals surface area contributed by atoms with Gasteiger partial charge in [-0.25, -0.2) is 0 Å². The first-order valence-electron chi connectivity index (χ1n) is 5.98. The summed E-state index contributed by atoms with van der Waals surface area (Å²) in [5, 5.41) is 9.99. The molecule has 1 N–H and O–H groups in total. The molecule has 1 heterocycles. The normalized spacial score (nSPS) is 11.9. The molecule has 0 amide bonds. The maximum Gasteiger partial charge on any atom is 0.158 e. The van der Waals surface area contributed by atoms with E-state index >= 15 is 0 Å². The smallest absolute Gasteiger partial charge is 0.158 e. The Hall–Kier alpha value is -2.26. The number of ketones is 1. The highest BCUT2D eigenvalue weighted by Gasteiger charge is 2.14. The summed E-state index contributed by atoms with van der Waals surface area (Å²) in [6.07, 6.45) is 2.55. The Balaban J connectivity index is 2.24. The van der Waals surface area contributed by atoms with Crippen molar-refractivity contribution in [2.75, 3.05) is 0 Å². The van der Waals surface area contributed by atoms with Crippen LogP contribution in [0.15, 0.2) is 60.9 Å². The van der Waals surface area contributed by atoms with Gasteiger partial charge in [0.15, 0.2) is 5.78 Å². The predicted molar refractivity (Wildman–Crippen MR) is 74.5 cm³/mol. The fourth-order valence-electron chi connectivity index (χ4n) is 1.79. The second-order valence-electron chi connectivity index (χ2n) is 4.35. The number of pyridine rings is 1. The third-order valence-electron chi connectivity index (χ3n) is 3.00. The summed E-state index contributed by atoms with van der Waals surface area (Å²) in [4.78, 5) is 15.2. The molecule has 0 radical (unpaired) electrons.